The fraction of sp³-hybridized carbons (Fsp3) is 0.222. The molecule has 0 N–H and O–H groups in total. The molecule has 0 radical (unpaired) electrons. The average molecular weight is 235 g/mol. The van der Waals surface area contributed by atoms with Crippen LogP contribution in [-0.4, -0.2) is 5.78 Å². The third kappa shape index (κ3) is 2.63. The fourth-order valence-corrected chi connectivity index (χ4v) is 1.65. The van der Waals surface area contributed by atoms with Crippen molar-refractivity contribution in [1.29, 1.82) is 0 Å². The first kappa shape index (κ1) is 10.9. The number of hydrogen-bond acceptors (Lipinski definition) is 2. The van der Waals surface area contributed by atoms with Crippen molar-refractivity contribution in [3.8, 4) is 0 Å². The molecule has 0 saturated carbocycles. The molecule has 0 aliphatic carbocycles. The topological polar surface area (TPSA) is 17.1 Å². The lowest BCUT2D eigenvalue weighted by Crippen LogP contribution is -2.02. The second-order valence-electron chi connectivity index (χ2n) is 2.68. The van der Waals surface area contributed by atoms with E-state index in [-0.39, 0.29) is 5.78 Å². The summed E-state index contributed by atoms with van der Waals surface area (Å²) in [4.78, 5) is 11.7. The lowest BCUT2D eigenvalue weighted by Gasteiger charge is -2.08. The maximum atomic E-state index is 11.0. The van der Waals surface area contributed by atoms with Crippen LogP contribution in [-0.2, 0) is 4.79 Å². The van der Waals surface area contributed by atoms with E-state index in [0.29, 0.717) is 15.5 Å². The molecule has 1 aromatic carbocycles. The van der Waals surface area contributed by atoms with Gasteiger partial charge in [0.15, 0.2) is 5.78 Å². The van der Waals surface area contributed by atoms with Gasteiger partial charge in [0.05, 0.1) is 0 Å². The molecule has 1 atom stereocenters. The first-order valence-electron chi connectivity index (χ1n) is 3.65. The standard InChI is InChI=1S/C9H8Cl2OS/c1-5(12)9(11)7-4-6(10)2-3-8(7)13/h2-4,9,13H,1H3. The summed E-state index contributed by atoms with van der Waals surface area (Å²) in [6.07, 6.45) is 0. The molecular weight excluding hydrogens is 227 g/mol. The van der Waals surface area contributed by atoms with Crippen molar-refractivity contribution in [3.05, 3.63) is 28.8 Å². The molecule has 0 bridgehead atoms. The molecule has 13 heavy (non-hydrogen) atoms. The van der Waals surface area contributed by atoms with Gasteiger partial charge in [-0.05, 0) is 30.7 Å². The van der Waals surface area contributed by atoms with E-state index in [9.17, 15) is 4.79 Å². The highest BCUT2D eigenvalue weighted by molar-refractivity contribution is 7.80. The van der Waals surface area contributed by atoms with Crippen molar-refractivity contribution in [1.82, 2.24) is 0 Å². The summed E-state index contributed by atoms with van der Waals surface area (Å²) >= 11 is 15.8. The Morgan fingerprint density at radius 2 is 2.15 bits per heavy atom. The third-order valence-corrected chi connectivity index (χ3v) is 2.80. The van der Waals surface area contributed by atoms with Crippen molar-refractivity contribution >= 4 is 41.6 Å². The molecule has 0 fully saturated rings. The van der Waals surface area contributed by atoms with Gasteiger partial charge in [-0.3, -0.25) is 4.79 Å². The number of hydrogen-bond donors (Lipinski definition) is 1. The van der Waals surface area contributed by atoms with Crippen LogP contribution in [0.1, 0.15) is 17.9 Å². The zero-order valence-corrected chi connectivity index (χ0v) is 9.33. The lowest BCUT2D eigenvalue weighted by molar-refractivity contribution is -0.116. The van der Waals surface area contributed by atoms with Crippen LogP contribution in [0, 0.1) is 0 Å². The molecule has 1 rings (SSSR count). The normalized spacial score (nSPS) is 12.6. The highest BCUT2D eigenvalue weighted by Crippen LogP contribution is 2.29. The van der Waals surface area contributed by atoms with E-state index in [4.69, 9.17) is 23.2 Å². The molecule has 1 aromatic rings. The minimum Gasteiger partial charge on any atom is -0.298 e. The molecule has 0 aliphatic rings. The Balaban J connectivity index is 3.12. The summed E-state index contributed by atoms with van der Waals surface area (Å²) in [6.45, 7) is 1.44. The molecule has 0 heterocycles. The number of carbonyl (C=O) groups is 1. The number of halogens is 2. The summed E-state index contributed by atoms with van der Waals surface area (Å²) < 4.78 is 0. The lowest BCUT2D eigenvalue weighted by atomic mass is 10.1. The van der Waals surface area contributed by atoms with Gasteiger partial charge in [-0.1, -0.05) is 11.6 Å². The molecule has 0 saturated heterocycles. The summed E-state index contributed by atoms with van der Waals surface area (Å²) in [6, 6.07) is 5.08. The third-order valence-electron chi connectivity index (χ3n) is 1.62. The second kappa shape index (κ2) is 4.36. The van der Waals surface area contributed by atoms with E-state index in [1.807, 2.05) is 0 Å². The smallest absolute Gasteiger partial charge is 0.152 e. The largest absolute Gasteiger partial charge is 0.298 e. The van der Waals surface area contributed by atoms with Gasteiger partial charge in [0.2, 0.25) is 0 Å². The zero-order valence-electron chi connectivity index (χ0n) is 6.92. The zero-order chi connectivity index (χ0) is 10.0. The number of alkyl halides is 1. The first-order chi connectivity index (χ1) is 6.02. The number of rotatable bonds is 2. The predicted octanol–water partition coefficient (Wildman–Crippen LogP) is 3.50. The van der Waals surface area contributed by atoms with Crippen LogP contribution in [0.25, 0.3) is 0 Å². The summed E-state index contributed by atoms with van der Waals surface area (Å²) in [5.74, 6) is -0.112. The van der Waals surface area contributed by atoms with E-state index < -0.39 is 5.38 Å². The molecular formula is C9H8Cl2OS. The van der Waals surface area contributed by atoms with Crippen molar-refractivity contribution in [2.75, 3.05) is 0 Å². The maximum Gasteiger partial charge on any atom is 0.152 e. The van der Waals surface area contributed by atoms with Crippen molar-refractivity contribution < 1.29 is 4.79 Å². The van der Waals surface area contributed by atoms with Gasteiger partial charge in [0, 0.05) is 9.92 Å². The van der Waals surface area contributed by atoms with Gasteiger partial charge < -0.3 is 0 Å². The van der Waals surface area contributed by atoms with Crippen LogP contribution < -0.4 is 0 Å². The Morgan fingerprint density at radius 1 is 1.54 bits per heavy atom. The average Bonchev–Trinajstić information content (AvgIpc) is 2.08. The summed E-state index contributed by atoms with van der Waals surface area (Å²) in [7, 11) is 0. The molecule has 0 aliphatic heterocycles. The van der Waals surface area contributed by atoms with Crippen LogP contribution in [0.2, 0.25) is 5.02 Å². The van der Waals surface area contributed by atoms with Crippen molar-refractivity contribution in [2.24, 2.45) is 0 Å². The van der Waals surface area contributed by atoms with Gasteiger partial charge in [0.25, 0.3) is 0 Å². The Labute approximate surface area is 92.4 Å². The number of Topliss-reactive ketones (excluding diaryl/α,β-unsaturated/α-hetero) is 1. The Hall–Kier alpha value is -0.180. The second-order valence-corrected chi connectivity index (χ2v) is 4.03. The Morgan fingerprint density at radius 3 is 2.69 bits per heavy atom. The van der Waals surface area contributed by atoms with Gasteiger partial charge in [-0.2, -0.15) is 0 Å². The quantitative estimate of drug-likeness (QED) is 0.613. The number of carbonyl (C=O) groups excluding carboxylic acids is 1. The van der Waals surface area contributed by atoms with Crippen LogP contribution >= 0.6 is 35.8 Å². The van der Waals surface area contributed by atoms with E-state index in [2.05, 4.69) is 12.6 Å². The van der Waals surface area contributed by atoms with Crippen LogP contribution in [0.4, 0.5) is 0 Å². The number of benzene rings is 1. The maximum absolute atomic E-state index is 11.0. The molecule has 0 spiro atoms. The van der Waals surface area contributed by atoms with Crippen molar-refractivity contribution in [2.45, 2.75) is 17.2 Å². The molecule has 70 valence electrons. The molecule has 1 unspecified atom stereocenters. The van der Waals surface area contributed by atoms with E-state index in [1.54, 1.807) is 18.2 Å². The fourth-order valence-electron chi connectivity index (χ4n) is 0.947. The number of ketones is 1. The highest BCUT2D eigenvalue weighted by atomic mass is 35.5. The van der Waals surface area contributed by atoms with E-state index in [1.165, 1.54) is 6.92 Å². The molecule has 0 aromatic heterocycles. The monoisotopic (exact) mass is 234 g/mol. The SMILES string of the molecule is CC(=O)C(Cl)c1cc(Cl)ccc1S. The van der Waals surface area contributed by atoms with Crippen LogP contribution in [0.5, 0.6) is 0 Å². The van der Waals surface area contributed by atoms with Gasteiger partial charge >= 0.3 is 0 Å². The van der Waals surface area contributed by atoms with Gasteiger partial charge in [0.1, 0.15) is 5.38 Å². The highest BCUT2D eigenvalue weighted by Gasteiger charge is 2.15. The van der Waals surface area contributed by atoms with E-state index >= 15 is 0 Å². The summed E-state index contributed by atoms with van der Waals surface area (Å²) in [5.41, 5.74) is 0.657. The summed E-state index contributed by atoms with van der Waals surface area (Å²) in [5, 5.41) is -0.106. The van der Waals surface area contributed by atoms with E-state index in [0.717, 1.165) is 0 Å². The Bertz CT molecular complexity index is 338. The molecule has 1 nitrogen and oxygen atoms in total. The van der Waals surface area contributed by atoms with Crippen LogP contribution in [0.15, 0.2) is 23.1 Å². The van der Waals surface area contributed by atoms with Crippen LogP contribution in [0.3, 0.4) is 0 Å². The van der Waals surface area contributed by atoms with Crippen molar-refractivity contribution in [3.63, 3.8) is 0 Å². The Kier molecular flexibility index (Phi) is 3.65. The molecule has 0 amide bonds. The van der Waals surface area contributed by atoms with Gasteiger partial charge in [-0.25, -0.2) is 0 Å². The number of thiol groups is 1. The predicted molar refractivity (Wildman–Crippen MR) is 58.0 cm³/mol. The van der Waals surface area contributed by atoms with Gasteiger partial charge in [-0.15, -0.1) is 24.2 Å². The first-order valence-corrected chi connectivity index (χ1v) is 4.91. The minimum atomic E-state index is -0.661. The minimum absolute atomic E-state index is 0.112. The molecule has 4 heteroatoms.